The fourth-order valence-corrected chi connectivity index (χ4v) is 3.55. The maximum atomic E-state index is 12.4. The minimum atomic E-state index is -0.164. The molecule has 8 heteroatoms. The minimum Gasteiger partial charge on any atom is -0.497 e. The molecular weight excluding hydrogens is 416 g/mol. The van der Waals surface area contributed by atoms with E-state index in [1.165, 1.54) is 0 Å². The number of hydrogen-bond acceptors (Lipinski definition) is 5. The lowest BCUT2D eigenvalue weighted by atomic mass is 10.1. The zero-order valence-electron chi connectivity index (χ0n) is 18.2. The largest absolute Gasteiger partial charge is 0.497 e. The summed E-state index contributed by atoms with van der Waals surface area (Å²) in [5.41, 5.74) is 4.76. The summed E-state index contributed by atoms with van der Waals surface area (Å²) in [7, 11) is 3.55. The van der Waals surface area contributed by atoms with Gasteiger partial charge in [-0.25, -0.2) is 4.52 Å². The second-order valence-corrected chi connectivity index (χ2v) is 7.57. The standard InChI is InChI=1S/C25H22N6O2/c1-30-15-14-20(16-30)26-24(32)18-6-10-19(11-7-18)27-25-28-23-5-3-4-22(31(23)29-25)17-8-12-21(33-2)13-9-17/h3-16H,1-2H3,(H,26,32)(H,27,29). The summed E-state index contributed by atoms with van der Waals surface area (Å²) in [5.74, 6) is 1.10. The first kappa shape index (κ1) is 20.3. The topological polar surface area (TPSA) is 85.5 Å². The van der Waals surface area contributed by atoms with Crippen LogP contribution in [0.4, 0.5) is 17.3 Å². The number of rotatable bonds is 6. The van der Waals surface area contributed by atoms with Crippen LogP contribution in [0.2, 0.25) is 0 Å². The van der Waals surface area contributed by atoms with E-state index in [9.17, 15) is 4.79 Å². The Kier molecular flexibility index (Phi) is 5.24. The van der Waals surface area contributed by atoms with Crippen molar-refractivity contribution in [1.29, 1.82) is 0 Å². The third-order valence-electron chi connectivity index (χ3n) is 5.24. The van der Waals surface area contributed by atoms with Crippen molar-refractivity contribution in [2.24, 2.45) is 7.05 Å². The first-order valence-corrected chi connectivity index (χ1v) is 10.4. The number of carbonyl (C=O) groups excluding carboxylic acids is 1. The predicted octanol–water partition coefficient (Wildman–Crippen LogP) is 4.74. The van der Waals surface area contributed by atoms with Crippen molar-refractivity contribution in [3.63, 3.8) is 0 Å². The Morgan fingerprint density at radius 3 is 2.42 bits per heavy atom. The Bertz CT molecular complexity index is 1420. The molecule has 3 heterocycles. The molecule has 0 bridgehead atoms. The smallest absolute Gasteiger partial charge is 0.255 e. The number of nitrogens with zero attached hydrogens (tertiary/aromatic N) is 4. The summed E-state index contributed by atoms with van der Waals surface area (Å²) < 4.78 is 8.92. The van der Waals surface area contributed by atoms with Crippen LogP contribution in [0.5, 0.6) is 5.75 Å². The number of amides is 1. The summed E-state index contributed by atoms with van der Waals surface area (Å²) in [6.07, 6.45) is 3.73. The number of anilines is 3. The molecule has 5 rings (SSSR count). The van der Waals surface area contributed by atoms with Crippen molar-refractivity contribution in [1.82, 2.24) is 19.2 Å². The van der Waals surface area contributed by atoms with Crippen LogP contribution in [0.25, 0.3) is 16.9 Å². The summed E-state index contributed by atoms with van der Waals surface area (Å²) in [4.78, 5) is 17.0. The molecule has 0 radical (unpaired) electrons. The summed E-state index contributed by atoms with van der Waals surface area (Å²) in [5, 5.41) is 10.7. The number of benzene rings is 2. The minimum absolute atomic E-state index is 0.164. The Morgan fingerprint density at radius 1 is 0.939 bits per heavy atom. The number of nitrogens with one attached hydrogen (secondary N) is 2. The molecule has 3 aromatic heterocycles. The lowest BCUT2D eigenvalue weighted by molar-refractivity contribution is 0.102. The lowest BCUT2D eigenvalue weighted by Gasteiger charge is -2.06. The number of aryl methyl sites for hydroxylation is 1. The SMILES string of the molecule is COc1ccc(-c2cccc3nc(Nc4ccc(C(=O)Nc5ccn(C)c5)cc4)nn23)cc1. The number of methoxy groups -OCH3 is 1. The van der Waals surface area contributed by atoms with Gasteiger partial charge in [0.05, 0.1) is 18.5 Å². The first-order valence-electron chi connectivity index (χ1n) is 10.4. The van der Waals surface area contributed by atoms with Crippen LogP contribution in [0.15, 0.2) is 85.2 Å². The van der Waals surface area contributed by atoms with Crippen molar-refractivity contribution < 1.29 is 9.53 Å². The average Bonchev–Trinajstić information content (AvgIpc) is 3.44. The Hall–Kier alpha value is -4.59. The van der Waals surface area contributed by atoms with E-state index in [1.54, 1.807) is 23.8 Å². The van der Waals surface area contributed by atoms with Crippen molar-refractivity contribution in [3.05, 3.63) is 90.8 Å². The van der Waals surface area contributed by atoms with E-state index in [1.807, 2.05) is 84.7 Å². The molecule has 0 unspecified atom stereocenters. The molecule has 0 aliphatic heterocycles. The number of fused-ring (bicyclic) bond motifs is 1. The van der Waals surface area contributed by atoms with Crippen LogP contribution in [-0.2, 0) is 7.05 Å². The molecule has 2 N–H and O–H groups in total. The van der Waals surface area contributed by atoms with Gasteiger partial charge in [-0.15, -0.1) is 5.10 Å². The van der Waals surface area contributed by atoms with Gasteiger partial charge in [0.1, 0.15) is 5.75 Å². The highest BCUT2D eigenvalue weighted by atomic mass is 16.5. The van der Waals surface area contributed by atoms with Crippen molar-refractivity contribution in [3.8, 4) is 17.0 Å². The van der Waals surface area contributed by atoms with Crippen molar-refractivity contribution >= 4 is 28.9 Å². The van der Waals surface area contributed by atoms with Gasteiger partial charge in [-0.3, -0.25) is 4.79 Å². The molecule has 2 aromatic carbocycles. The molecule has 0 saturated carbocycles. The van der Waals surface area contributed by atoms with E-state index in [0.29, 0.717) is 11.5 Å². The number of aromatic nitrogens is 4. The van der Waals surface area contributed by atoms with Crippen LogP contribution in [0.1, 0.15) is 10.4 Å². The molecule has 0 aliphatic rings. The highest BCUT2D eigenvalue weighted by Crippen LogP contribution is 2.24. The molecule has 0 saturated heterocycles. The van der Waals surface area contributed by atoms with Gasteiger partial charge in [0.25, 0.3) is 5.91 Å². The lowest BCUT2D eigenvalue weighted by Crippen LogP contribution is -2.11. The number of carbonyl (C=O) groups is 1. The highest BCUT2D eigenvalue weighted by Gasteiger charge is 2.11. The normalized spacial score (nSPS) is 10.8. The molecule has 1 amide bonds. The van der Waals surface area contributed by atoms with E-state index >= 15 is 0 Å². The first-order chi connectivity index (χ1) is 16.1. The van der Waals surface area contributed by atoms with Gasteiger partial charge in [-0.1, -0.05) is 6.07 Å². The van der Waals surface area contributed by atoms with E-state index in [4.69, 9.17) is 4.74 Å². The second kappa shape index (κ2) is 8.51. The maximum Gasteiger partial charge on any atom is 0.255 e. The monoisotopic (exact) mass is 438 g/mol. The van der Waals surface area contributed by atoms with Crippen LogP contribution in [0.3, 0.4) is 0 Å². The van der Waals surface area contributed by atoms with Crippen LogP contribution >= 0.6 is 0 Å². The quantitative estimate of drug-likeness (QED) is 0.400. The Balaban J connectivity index is 1.34. The van der Waals surface area contributed by atoms with Crippen LogP contribution in [0, 0.1) is 0 Å². The van der Waals surface area contributed by atoms with Crippen molar-refractivity contribution in [2.45, 2.75) is 0 Å². The van der Waals surface area contributed by atoms with Gasteiger partial charge in [-0.05, 0) is 66.7 Å². The number of ether oxygens (including phenoxy) is 1. The predicted molar refractivity (Wildman–Crippen MR) is 128 cm³/mol. The molecule has 164 valence electrons. The van der Waals surface area contributed by atoms with E-state index in [0.717, 1.165) is 34.0 Å². The van der Waals surface area contributed by atoms with Gasteiger partial charge >= 0.3 is 0 Å². The van der Waals surface area contributed by atoms with Gasteiger partial charge in [0, 0.05) is 36.3 Å². The summed E-state index contributed by atoms with van der Waals surface area (Å²) >= 11 is 0. The molecule has 33 heavy (non-hydrogen) atoms. The van der Waals surface area contributed by atoms with Crippen molar-refractivity contribution in [2.75, 3.05) is 17.7 Å². The molecule has 0 spiro atoms. The van der Waals surface area contributed by atoms with Crippen LogP contribution < -0.4 is 15.4 Å². The molecule has 0 atom stereocenters. The second-order valence-electron chi connectivity index (χ2n) is 7.57. The molecule has 8 nitrogen and oxygen atoms in total. The Morgan fingerprint density at radius 2 is 1.73 bits per heavy atom. The Labute approximate surface area is 190 Å². The zero-order valence-corrected chi connectivity index (χ0v) is 18.2. The summed E-state index contributed by atoms with van der Waals surface area (Å²) in [6.45, 7) is 0. The fourth-order valence-electron chi connectivity index (χ4n) is 3.55. The van der Waals surface area contributed by atoms with Gasteiger partial charge in [0.2, 0.25) is 5.95 Å². The number of hydrogen-bond donors (Lipinski definition) is 2. The third-order valence-corrected chi connectivity index (χ3v) is 5.24. The average molecular weight is 438 g/mol. The van der Waals surface area contributed by atoms with E-state index in [2.05, 4.69) is 20.7 Å². The summed E-state index contributed by atoms with van der Waals surface area (Å²) in [6, 6.07) is 22.7. The van der Waals surface area contributed by atoms with Gasteiger partial charge < -0.3 is 19.9 Å². The van der Waals surface area contributed by atoms with Gasteiger partial charge in [0.15, 0.2) is 5.65 Å². The van der Waals surface area contributed by atoms with E-state index in [-0.39, 0.29) is 5.91 Å². The molecule has 5 aromatic rings. The van der Waals surface area contributed by atoms with Gasteiger partial charge in [-0.2, -0.15) is 4.98 Å². The maximum absolute atomic E-state index is 12.4. The van der Waals surface area contributed by atoms with Crippen LogP contribution in [-0.4, -0.2) is 32.2 Å². The number of pyridine rings is 1. The molecule has 0 aliphatic carbocycles. The van der Waals surface area contributed by atoms with E-state index < -0.39 is 0 Å². The molecule has 0 fully saturated rings. The fraction of sp³-hybridized carbons (Fsp3) is 0.0800. The molecular formula is C25H22N6O2. The zero-order chi connectivity index (χ0) is 22.8. The highest BCUT2D eigenvalue weighted by molar-refractivity contribution is 6.04. The third kappa shape index (κ3) is 4.27.